The predicted molar refractivity (Wildman–Crippen MR) is 115 cm³/mol. The third-order valence-electron chi connectivity index (χ3n) is 5.01. The number of rotatable bonds is 8. The van der Waals surface area contributed by atoms with Gasteiger partial charge in [0.25, 0.3) is 5.91 Å². The maximum Gasteiger partial charge on any atom is 0.287 e. The number of likely N-dealkylation sites (tertiary alicyclic amines) is 1. The molecule has 1 fully saturated rings. The minimum atomic E-state index is -0.218. The van der Waals surface area contributed by atoms with Crippen LogP contribution in [0, 0.1) is 0 Å². The average Bonchev–Trinajstić information content (AvgIpc) is 3.30. The second-order valence-electron chi connectivity index (χ2n) is 7.24. The van der Waals surface area contributed by atoms with Crippen LogP contribution in [0.4, 0.5) is 0 Å². The first-order valence-corrected chi connectivity index (χ1v) is 10.3. The highest BCUT2D eigenvalue weighted by molar-refractivity contribution is 5.91. The van der Waals surface area contributed by atoms with E-state index in [0.717, 1.165) is 6.54 Å². The molecule has 0 bridgehead atoms. The second-order valence-corrected chi connectivity index (χ2v) is 7.24. The number of hydrogen-bond acceptors (Lipinski definition) is 4. The van der Waals surface area contributed by atoms with E-state index in [9.17, 15) is 4.79 Å². The van der Waals surface area contributed by atoms with Gasteiger partial charge in [0, 0.05) is 33.2 Å². The van der Waals surface area contributed by atoms with Crippen molar-refractivity contribution in [2.75, 3.05) is 33.2 Å². The van der Waals surface area contributed by atoms with E-state index in [0.29, 0.717) is 31.4 Å². The highest BCUT2D eigenvalue weighted by Crippen LogP contribution is 2.13. The van der Waals surface area contributed by atoms with Crippen molar-refractivity contribution >= 4 is 11.9 Å². The van der Waals surface area contributed by atoms with Crippen LogP contribution in [0.15, 0.2) is 52.1 Å². The highest BCUT2D eigenvalue weighted by Gasteiger charge is 2.10. The topological polar surface area (TPSA) is 81.9 Å². The third-order valence-corrected chi connectivity index (χ3v) is 5.01. The molecule has 156 valence electrons. The van der Waals surface area contributed by atoms with E-state index in [1.54, 1.807) is 19.2 Å². The van der Waals surface area contributed by atoms with E-state index in [2.05, 4.69) is 50.1 Å². The van der Waals surface area contributed by atoms with Crippen molar-refractivity contribution in [3.63, 3.8) is 0 Å². The molecule has 0 aliphatic carbocycles. The number of amides is 1. The monoisotopic (exact) mass is 397 g/mol. The molecule has 1 aromatic carbocycles. The maximum atomic E-state index is 11.8. The molecule has 1 aromatic heterocycles. The molecule has 7 nitrogen and oxygen atoms in total. The molecule has 1 amide bonds. The number of furan rings is 1. The molecular formula is C22H31N5O2. The highest BCUT2D eigenvalue weighted by atomic mass is 16.3. The molecule has 1 aliphatic rings. The molecule has 1 aliphatic heterocycles. The van der Waals surface area contributed by atoms with E-state index in [1.807, 2.05) is 0 Å². The van der Waals surface area contributed by atoms with Gasteiger partial charge in [-0.05, 0) is 49.2 Å². The molecule has 0 spiro atoms. The van der Waals surface area contributed by atoms with Crippen LogP contribution in [0.5, 0.6) is 0 Å². The summed E-state index contributed by atoms with van der Waals surface area (Å²) in [7, 11) is 1.73. The molecule has 0 radical (unpaired) electrons. The van der Waals surface area contributed by atoms with Crippen molar-refractivity contribution in [2.45, 2.75) is 32.4 Å². The fraction of sp³-hybridized carbons (Fsp3) is 0.455. The number of carbonyl (C=O) groups is 1. The first-order chi connectivity index (χ1) is 14.2. The molecule has 2 aromatic rings. The zero-order valence-corrected chi connectivity index (χ0v) is 17.1. The Hall–Kier alpha value is -2.80. The number of nitrogens with zero attached hydrogens (tertiary/aromatic N) is 2. The van der Waals surface area contributed by atoms with Gasteiger partial charge in [-0.25, -0.2) is 0 Å². The van der Waals surface area contributed by atoms with Gasteiger partial charge in [0.2, 0.25) is 0 Å². The number of piperidine rings is 1. The SMILES string of the molecule is CN=C(NCCNC(=O)c1ccco1)NCc1ccc(CN2CCCCC2)cc1. The first kappa shape index (κ1) is 20.9. The summed E-state index contributed by atoms with van der Waals surface area (Å²) in [6, 6.07) is 12.1. The summed E-state index contributed by atoms with van der Waals surface area (Å²) in [5.74, 6) is 0.801. The normalized spacial score (nSPS) is 15.1. The van der Waals surface area contributed by atoms with Gasteiger partial charge in [-0.3, -0.25) is 14.7 Å². The molecule has 7 heteroatoms. The Kier molecular flexibility index (Phi) is 8.12. The smallest absolute Gasteiger partial charge is 0.287 e. The molecule has 29 heavy (non-hydrogen) atoms. The minimum absolute atomic E-state index is 0.218. The summed E-state index contributed by atoms with van der Waals surface area (Å²) in [5.41, 5.74) is 2.58. The Morgan fingerprint density at radius 2 is 1.72 bits per heavy atom. The molecule has 3 N–H and O–H groups in total. The number of carbonyl (C=O) groups excluding carboxylic acids is 1. The van der Waals surface area contributed by atoms with Crippen LogP contribution in [0.1, 0.15) is 40.9 Å². The van der Waals surface area contributed by atoms with Gasteiger partial charge < -0.3 is 20.4 Å². The van der Waals surface area contributed by atoms with Gasteiger partial charge in [-0.15, -0.1) is 0 Å². The molecule has 0 unspecified atom stereocenters. The van der Waals surface area contributed by atoms with Crippen molar-refractivity contribution < 1.29 is 9.21 Å². The van der Waals surface area contributed by atoms with Crippen LogP contribution in [-0.4, -0.2) is 50.0 Å². The Morgan fingerprint density at radius 3 is 2.41 bits per heavy atom. The van der Waals surface area contributed by atoms with Crippen molar-refractivity contribution in [2.24, 2.45) is 4.99 Å². The molecule has 3 rings (SSSR count). The van der Waals surface area contributed by atoms with Crippen LogP contribution in [0.25, 0.3) is 0 Å². The van der Waals surface area contributed by atoms with Gasteiger partial charge in [0.1, 0.15) is 0 Å². The molecular weight excluding hydrogens is 366 g/mol. The molecule has 0 atom stereocenters. The van der Waals surface area contributed by atoms with E-state index in [1.165, 1.54) is 49.7 Å². The standard InChI is InChI=1S/C22H31N5O2/c1-23-22(25-12-11-24-21(28)20-6-5-15-29-20)26-16-18-7-9-19(10-8-18)17-27-13-3-2-4-14-27/h5-10,15H,2-4,11-14,16-17H2,1H3,(H,24,28)(H2,23,25,26). The fourth-order valence-electron chi connectivity index (χ4n) is 3.40. The van der Waals surface area contributed by atoms with Gasteiger partial charge in [0.05, 0.1) is 6.26 Å². The van der Waals surface area contributed by atoms with Gasteiger partial charge >= 0.3 is 0 Å². The van der Waals surface area contributed by atoms with E-state index in [-0.39, 0.29) is 5.91 Å². The number of benzene rings is 1. The lowest BCUT2D eigenvalue weighted by Crippen LogP contribution is -2.41. The van der Waals surface area contributed by atoms with Crippen molar-refractivity contribution in [3.8, 4) is 0 Å². The largest absolute Gasteiger partial charge is 0.459 e. The maximum absolute atomic E-state index is 11.8. The summed E-state index contributed by atoms with van der Waals surface area (Å²) in [4.78, 5) is 18.6. The minimum Gasteiger partial charge on any atom is -0.459 e. The average molecular weight is 398 g/mol. The van der Waals surface area contributed by atoms with Crippen LogP contribution < -0.4 is 16.0 Å². The first-order valence-electron chi connectivity index (χ1n) is 10.3. The summed E-state index contributed by atoms with van der Waals surface area (Å²) in [6.45, 7) is 5.22. The Morgan fingerprint density at radius 1 is 1.00 bits per heavy atom. The lowest BCUT2D eigenvalue weighted by atomic mass is 10.1. The third kappa shape index (κ3) is 6.94. The molecule has 2 heterocycles. The summed E-state index contributed by atoms with van der Waals surface area (Å²) >= 11 is 0. The second kappa shape index (κ2) is 11.3. The zero-order valence-electron chi connectivity index (χ0n) is 17.1. The number of nitrogens with one attached hydrogen (secondary N) is 3. The van der Waals surface area contributed by atoms with Gasteiger partial charge in [-0.1, -0.05) is 30.7 Å². The summed E-state index contributed by atoms with van der Waals surface area (Å²) in [6.07, 6.45) is 5.49. The quantitative estimate of drug-likeness (QED) is 0.362. The Balaban J connectivity index is 1.34. The Labute approximate surface area is 172 Å². The van der Waals surface area contributed by atoms with Crippen molar-refractivity contribution in [1.82, 2.24) is 20.9 Å². The van der Waals surface area contributed by atoms with Gasteiger partial charge in [0.15, 0.2) is 11.7 Å². The van der Waals surface area contributed by atoms with E-state index in [4.69, 9.17) is 4.42 Å². The number of aliphatic imine (C=N–C) groups is 1. The summed E-state index contributed by atoms with van der Waals surface area (Å²) in [5, 5.41) is 9.29. The van der Waals surface area contributed by atoms with Crippen molar-refractivity contribution in [1.29, 1.82) is 0 Å². The van der Waals surface area contributed by atoms with Crippen LogP contribution in [-0.2, 0) is 13.1 Å². The van der Waals surface area contributed by atoms with E-state index >= 15 is 0 Å². The lowest BCUT2D eigenvalue weighted by molar-refractivity contribution is 0.0926. The zero-order chi connectivity index (χ0) is 20.3. The van der Waals surface area contributed by atoms with Crippen molar-refractivity contribution in [3.05, 3.63) is 59.5 Å². The molecule has 0 saturated carbocycles. The number of hydrogen-bond donors (Lipinski definition) is 3. The fourth-order valence-corrected chi connectivity index (χ4v) is 3.40. The predicted octanol–water partition coefficient (Wildman–Crippen LogP) is 2.36. The number of guanidine groups is 1. The summed E-state index contributed by atoms with van der Waals surface area (Å²) < 4.78 is 5.06. The Bertz CT molecular complexity index is 765. The van der Waals surface area contributed by atoms with Gasteiger partial charge in [-0.2, -0.15) is 0 Å². The van der Waals surface area contributed by atoms with E-state index < -0.39 is 0 Å². The van der Waals surface area contributed by atoms with Crippen LogP contribution >= 0.6 is 0 Å². The lowest BCUT2D eigenvalue weighted by Gasteiger charge is -2.26. The molecule has 1 saturated heterocycles. The van der Waals surface area contributed by atoms with Crippen LogP contribution in [0.3, 0.4) is 0 Å². The van der Waals surface area contributed by atoms with Crippen LogP contribution in [0.2, 0.25) is 0 Å².